The van der Waals surface area contributed by atoms with Crippen LogP contribution in [-0.4, -0.2) is 5.91 Å². The van der Waals surface area contributed by atoms with Crippen LogP contribution in [0.4, 0.5) is 0 Å². The summed E-state index contributed by atoms with van der Waals surface area (Å²) in [7, 11) is 0. The van der Waals surface area contributed by atoms with E-state index in [9.17, 15) is 4.79 Å². The highest BCUT2D eigenvalue weighted by Gasteiger charge is 2.12. The van der Waals surface area contributed by atoms with E-state index in [-0.39, 0.29) is 11.8 Å². The number of rotatable bonds is 13. The summed E-state index contributed by atoms with van der Waals surface area (Å²) in [6.45, 7) is 6.54. The van der Waals surface area contributed by atoms with Crippen molar-refractivity contribution in [2.75, 3.05) is 0 Å². The van der Waals surface area contributed by atoms with Crippen molar-refractivity contribution >= 4 is 5.91 Å². The normalized spacial score (nSPS) is 11.3. The van der Waals surface area contributed by atoms with E-state index in [4.69, 9.17) is 11.5 Å². The molecule has 0 aliphatic heterocycles. The highest BCUT2D eigenvalue weighted by Crippen LogP contribution is 2.15. The van der Waals surface area contributed by atoms with Gasteiger partial charge in [0.05, 0.1) is 0 Å². The molecule has 142 valence electrons. The predicted octanol–water partition coefficient (Wildman–Crippen LogP) is 5.34. The summed E-state index contributed by atoms with van der Waals surface area (Å²) in [6, 6.07) is 9.99. The van der Waals surface area contributed by atoms with Crippen molar-refractivity contribution < 1.29 is 4.79 Å². The summed E-state index contributed by atoms with van der Waals surface area (Å²) in [5.41, 5.74) is 11.9. The summed E-state index contributed by atoms with van der Waals surface area (Å²) >= 11 is 0. The molecule has 4 N–H and O–H groups in total. The Hall–Kier alpha value is -1.61. The number of allylic oxidation sites excluding steroid dienone is 1. The van der Waals surface area contributed by atoms with Crippen LogP contribution in [0.2, 0.25) is 0 Å². The summed E-state index contributed by atoms with van der Waals surface area (Å²) in [6.07, 6.45) is 13.8. The smallest absolute Gasteiger partial charge is 0.220 e. The third kappa shape index (κ3) is 14.4. The van der Waals surface area contributed by atoms with Gasteiger partial charge >= 0.3 is 0 Å². The number of carbonyl (C=O) groups is 1. The number of benzene rings is 1. The van der Waals surface area contributed by atoms with E-state index in [1.807, 2.05) is 30.3 Å². The SMILES string of the molecule is C=CCC(CCCCCCCCCC)C(N)=O.NCc1ccccc1. The van der Waals surface area contributed by atoms with Gasteiger partial charge in [0.15, 0.2) is 0 Å². The fourth-order valence-electron chi connectivity index (χ4n) is 2.72. The van der Waals surface area contributed by atoms with Crippen molar-refractivity contribution in [1.82, 2.24) is 0 Å². The first kappa shape index (κ1) is 23.4. The zero-order chi connectivity index (χ0) is 18.8. The fraction of sp³-hybridized carbons (Fsp3) is 0.591. The minimum Gasteiger partial charge on any atom is -0.369 e. The summed E-state index contributed by atoms with van der Waals surface area (Å²) in [5.74, 6) is -0.166. The Kier molecular flexibility index (Phi) is 16.1. The first-order valence-corrected chi connectivity index (χ1v) is 9.79. The molecule has 3 heteroatoms. The van der Waals surface area contributed by atoms with Crippen LogP contribution < -0.4 is 11.5 Å². The van der Waals surface area contributed by atoms with Gasteiger partial charge in [-0.3, -0.25) is 4.79 Å². The van der Waals surface area contributed by atoms with E-state index >= 15 is 0 Å². The monoisotopic (exact) mass is 346 g/mol. The highest BCUT2D eigenvalue weighted by molar-refractivity contribution is 5.76. The minimum absolute atomic E-state index is 0.00703. The van der Waals surface area contributed by atoms with Crippen molar-refractivity contribution in [3.63, 3.8) is 0 Å². The van der Waals surface area contributed by atoms with Gasteiger partial charge in [-0.25, -0.2) is 0 Å². The molecule has 3 nitrogen and oxygen atoms in total. The van der Waals surface area contributed by atoms with Gasteiger partial charge in [-0.15, -0.1) is 6.58 Å². The Morgan fingerprint density at radius 2 is 1.60 bits per heavy atom. The van der Waals surface area contributed by atoms with Crippen molar-refractivity contribution in [2.24, 2.45) is 17.4 Å². The maximum atomic E-state index is 11.1. The van der Waals surface area contributed by atoms with Crippen LogP contribution in [0.15, 0.2) is 43.0 Å². The Morgan fingerprint density at radius 1 is 1.04 bits per heavy atom. The van der Waals surface area contributed by atoms with E-state index in [0.717, 1.165) is 19.3 Å². The van der Waals surface area contributed by atoms with Gasteiger partial charge in [-0.05, 0) is 18.4 Å². The summed E-state index contributed by atoms with van der Waals surface area (Å²) < 4.78 is 0. The van der Waals surface area contributed by atoms with Crippen LogP contribution in [0.1, 0.15) is 76.7 Å². The number of hydrogen-bond donors (Lipinski definition) is 2. The van der Waals surface area contributed by atoms with Gasteiger partial charge in [-0.1, -0.05) is 94.7 Å². The molecule has 25 heavy (non-hydrogen) atoms. The molecule has 1 rings (SSSR count). The van der Waals surface area contributed by atoms with Gasteiger partial charge in [0.2, 0.25) is 5.91 Å². The van der Waals surface area contributed by atoms with Crippen molar-refractivity contribution in [3.05, 3.63) is 48.6 Å². The number of nitrogens with two attached hydrogens (primary N) is 2. The van der Waals surface area contributed by atoms with Crippen molar-refractivity contribution in [1.29, 1.82) is 0 Å². The van der Waals surface area contributed by atoms with E-state index in [2.05, 4.69) is 13.5 Å². The van der Waals surface area contributed by atoms with E-state index in [1.54, 1.807) is 6.08 Å². The van der Waals surface area contributed by atoms with E-state index in [0.29, 0.717) is 6.54 Å². The molecule has 0 spiro atoms. The molecule has 0 aromatic heterocycles. The van der Waals surface area contributed by atoms with Gasteiger partial charge in [-0.2, -0.15) is 0 Å². The molecule has 1 atom stereocenters. The molecule has 0 aliphatic carbocycles. The van der Waals surface area contributed by atoms with Crippen LogP contribution >= 0.6 is 0 Å². The van der Waals surface area contributed by atoms with Crippen LogP contribution in [-0.2, 0) is 11.3 Å². The van der Waals surface area contributed by atoms with Crippen LogP contribution in [0.3, 0.4) is 0 Å². The van der Waals surface area contributed by atoms with Crippen LogP contribution in [0.25, 0.3) is 0 Å². The number of primary amides is 1. The lowest BCUT2D eigenvalue weighted by Crippen LogP contribution is -2.22. The van der Waals surface area contributed by atoms with Gasteiger partial charge in [0.1, 0.15) is 0 Å². The fourth-order valence-corrected chi connectivity index (χ4v) is 2.72. The Labute approximate surface area is 154 Å². The third-order valence-electron chi connectivity index (χ3n) is 4.34. The number of hydrogen-bond acceptors (Lipinski definition) is 2. The average molecular weight is 347 g/mol. The number of amides is 1. The summed E-state index contributed by atoms with van der Waals surface area (Å²) in [5, 5.41) is 0. The Bertz CT molecular complexity index is 431. The molecule has 0 fully saturated rings. The number of carbonyl (C=O) groups excluding carboxylic acids is 1. The molecule has 1 unspecified atom stereocenters. The molecular weight excluding hydrogens is 308 g/mol. The van der Waals surface area contributed by atoms with Crippen molar-refractivity contribution in [3.8, 4) is 0 Å². The predicted molar refractivity (Wildman–Crippen MR) is 109 cm³/mol. The average Bonchev–Trinajstić information content (AvgIpc) is 2.64. The quantitative estimate of drug-likeness (QED) is 0.374. The molecule has 1 amide bonds. The lowest BCUT2D eigenvalue weighted by atomic mass is 9.96. The topological polar surface area (TPSA) is 69.1 Å². The second kappa shape index (κ2) is 17.2. The number of unbranched alkanes of at least 4 members (excludes halogenated alkanes) is 7. The molecular formula is C22H38N2O. The lowest BCUT2D eigenvalue weighted by molar-refractivity contribution is -0.121. The third-order valence-corrected chi connectivity index (χ3v) is 4.34. The van der Waals surface area contributed by atoms with Gasteiger partial charge < -0.3 is 11.5 Å². The molecule has 0 radical (unpaired) electrons. The molecule has 0 aliphatic rings. The first-order chi connectivity index (χ1) is 12.2. The van der Waals surface area contributed by atoms with Crippen LogP contribution in [0, 0.1) is 5.92 Å². The summed E-state index contributed by atoms with van der Waals surface area (Å²) in [4.78, 5) is 11.1. The highest BCUT2D eigenvalue weighted by atomic mass is 16.1. The van der Waals surface area contributed by atoms with Gasteiger partial charge in [0, 0.05) is 12.5 Å². The zero-order valence-corrected chi connectivity index (χ0v) is 16.1. The Morgan fingerprint density at radius 3 is 2.04 bits per heavy atom. The minimum atomic E-state index is -0.173. The molecule has 0 heterocycles. The molecule has 1 aromatic carbocycles. The Balaban J connectivity index is 0.000000593. The van der Waals surface area contributed by atoms with Crippen LogP contribution in [0.5, 0.6) is 0 Å². The van der Waals surface area contributed by atoms with Crippen molar-refractivity contribution in [2.45, 2.75) is 77.7 Å². The standard InChI is InChI=1S/C15H29NO.C7H9N/c1-3-5-6-7-8-9-10-11-13-14(12-4-2)15(16)17;8-6-7-4-2-1-3-5-7/h4,14H,2-3,5-13H2,1H3,(H2,16,17);1-5H,6,8H2. The molecule has 0 saturated heterocycles. The lowest BCUT2D eigenvalue weighted by Gasteiger charge is -2.10. The van der Waals surface area contributed by atoms with E-state index < -0.39 is 0 Å². The van der Waals surface area contributed by atoms with Gasteiger partial charge in [0.25, 0.3) is 0 Å². The molecule has 0 bridgehead atoms. The molecule has 0 saturated carbocycles. The second-order valence-electron chi connectivity index (χ2n) is 6.58. The maximum Gasteiger partial charge on any atom is 0.220 e. The first-order valence-electron chi connectivity index (χ1n) is 9.79. The second-order valence-corrected chi connectivity index (χ2v) is 6.58. The largest absolute Gasteiger partial charge is 0.369 e. The maximum absolute atomic E-state index is 11.1. The zero-order valence-electron chi connectivity index (χ0n) is 16.1. The van der Waals surface area contributed by atoms with E-state index in [1.165, 1.54) is 50.5 Å². The molecule has 1 aromatic rings.